The number of aliphatic hydroxyl groups is 1. The molecule has 0 unspecified atom stereocenters. The van der Waals surface area contributed by atoms with Crippen LogP contribution in [0.25, 0.3) is 11.1 Å². The third-order valence-electron chi connectivity index (χ3n) is 5.33. The summed E-state index contributed by atoms with van der Waals surface area (Å²) >= 11 is 0. The SMILES string of the molecule is CO/N=C1/C[C@@H](c2nc(CCO)no2)N(C(=O)c2ccc(-c3ccccc3C)cc2)C1. The summed E-state index contributed by atoms with van der Waals surface area (Å²) in [6.07, 6.45) is 0.741. The van der Waals surface area contributed by atoms with E-state index in [2.05, 4.69) is 34.4 Å². The molecule has 3 aromatic rings. The van der Waals surface area contributed by atoms with Gasteiger partial charge >= 0.3 is 0 Å². The fourth-order valence-electron chi connectivity index (χ4n) is 3.79. The van der Waals surface area contributed by atoms with Crippen molar-refractivity contribution in [1.82, 2.24) is 15.0 Å². The maximum atomic E-state index is 13.3. The molecule has 1 N–H and O–H groups in total. The van der Waals surface area contributed by atoms with E-state index < -0.39 is 6.04 Å². The number of benzene rings is 2. The first-order chi connectivity index (χ1) is 15.1. The van der Waals surface area contributed by atoms with Crippen LogP contribution in [0, 0.1) is 6.92 Å². The van der Waals surface area contributed by atoms with Crippen molar-refractivity contribution in [2.75, 3.05) is 20.3 Å². The third kappa shape index (κ3) is 4.34. The molecule has 2 aromatic carbocycles. The fourth-order valence-corrected chi connectivity index (χ4v) is 3.79. The van der Waals surface area contributed by atoms with Gasteiger partial charge in [0.05, 0.1) is 18.9 Å². The van der Waals surface area contributed by atoms with Crippen LogP contribution < -0.4 is 0 Å². The van der Waals surface area contributed by atoms with Crippen LogP contribution in [-0.2, 0) is 11.3 Å². The highest BCUT2D eigenvalue weighted by Gasteiger charge is 2.38. The first kappa shape index (κ1) is 20.7. The lowest BCUT2D eigenvalue weighted by molar-refractivity contribution is 0.0713. The van der Waals surface area contributed by atoms with Gasteiger partial charge in [-0.15, -0.1) is 0 Å². The quantitative estimate of drug-likeness (QED) is 0.615. The van der Waals surface area contributed by atoms with Gasteiger partial charge in [-0.1, -0.05) is 46.7 Å². The Kier molecular flexibility index (Phi) is 6.08. The van der Waals surface area contributed by atoms with Crippen LogP contribution in [0.3, 0.4) is 0 Å². The van der Waals surface area contributed by atoms with Gasteiger partial charge in [-0.3, -0.25) is 4.79 Å². The molecule has 8 heteroatoms. The molecule has 1 aliphatic heterocycles. The maximum Gasteiger partial charge on any atom is 0.254 e. The van der Waals surface area contributed by atoms with Crippen LogP contribution in [-0.4, -0.2) is 52.0 Å². The number of amides is 1. The minimum atomic E-state index is -0.433. The summed E-state index contributed by atoms with van der Waals surface area (Å²) < 4.78 is 5.37. The van der Waals surface area contributed by atoms with Crippen molar-refractivity contribution in [2.45, 2.75) is 25.8 Å². The van der Waals surface area contributed by atoms with Crippen LogP contribution in [0.4, 0.5) is 0 Å². The second kappa shape index (κ2) is 9.09. The first-order valence-electron chi connectivity index (χ1n) is 10.1. The third-order valence-corrected chi connectivity index (χ3v) is 5.33. The van der Waals surface area contributed by atoms with Gasteiger partial charge in [0.1, 0.15) is 13.2 Å². The van der Waals surface area contributed by atoms with Gasteiger partial charge in [0.25, 0.3) is 5.91 Å². The highest BCUT2D eigenvalue weighted by Crippen LogP contribution is 2.32. The second-order valence-electron chi connectivity index (χ2n) is 7.41. The van der Waals surface area contributed by atoms with Crippen molar-refractivity contribution < 1.29 is 19.3 Å². The van der Waals surface area contributed by atoms with Crippen molar-refractivity contribution in [3.8, 4) is 11.1 Å². The molecule has 1 fully saturated rings. The lowest BCUT2D eigenvalue weighted by Crippen LogP contribution is -2.31. The molecule has 1 aromatic heterocycles. The monoisotopic (exact) mass is 420 g/mol. The molecule has 1 saturated heterocycles. The molecule has 2 heterocycles. The molecule has 1 amide bonds. The normalized spacial score (nSPS) is 17.3. The number of aliphatic hydroxyl groups excluding tert-OH is 1. The molecule has 8 nitrogen and oxygen atoms in total. The number of aromatic nitrogens is 2. The topological polar surface area (TPSA) is 101 Å². The number of carbonyl (C=O) groups is 1. The molecule has 31 heavy (non-hydrogen) atoms. The summed E-state index contributed by atoms with van der Waals surface area (Å²) in [6, 6.07) is 15.3. The maximum absolute atomic E-state index is 13.3. The van der Waals surface area contributed by atoms with E-state index in [-0.39, 0.29) is 12.5 Å². The minimum Gasteiger partial charge on any atom is -0.399 e. The molecule has 0 radical (unpaired) electrons. The Morgan fingerprint density at radius 1 is 1.26 bits per heavy atom. The molecule has 0 spiro atoms. The molecule has 160 valence electrons. The second-order valence-corrected chi connectivity index (χ2v) is 7.41. The number of oxime groups is 1. The Morgan fingerprint density at radius 3 is 2.74 bits per heavy atom. The largest absolute Gasteiger partial charge is 0.399 e. The zero-order valence-corrected chi connectivity index (χ0v) is 17.5. The molecule has 0 saturated carbocycles. The van der Waals surface area contributed by atoms with E-state index in [1.54, 1.807) is 4.90 Å². The van der Waals surface area contributed by atoms with E-state index >= 15 is 0 Å². The van der Waals surface area contributed by atoms with E-state index in [9.17, 15) is 4.79 Å². The van der Waals surface area contributed by atoms with Crippen molar-refractivity contribution >= 4 is 11.6 Å². The number of hydrogen-bond acceptors (Lipinski definition) is 7. The molecule has 0 aliphatic carbocycles. The van der Waals surface area contributed by atoms with Gasteiger partial charge in [0.2, 0.25) is 5.89 Å². The highest BCUT2D eigenvalue weighted by atomic mass is 16.6. The van der Waals surface area contributed by atoms with Crippen molar-refractivity contribution in [3.05, 3.63) is 71.4 Å². The van der Waals surface area contributed by atoms with Crippen LogP contribution in [0.2, 0.25) is 0 Å². The van der Waals surface area contributed by atoms with Gasteiger partial charge in [0.15, 0.2) is 5.82 Å². The highest BCUT2D eigenvalue weighted by molar-refractivity contribution is 6.00. The standard InChI is InChI=1S/C23H24N4O4/c1-15-5-3-4-6-19(15)16-7-9-17(10-8-16)23(29)27-14-18(25-30-2)13-20(27)22-24-21(11-12-28)26-31-22/h3-10,20,28H,11-14H2,1-2H3/b25-18-/t20-/m0/s1. The van der Waals surface area contributed by atoms with E-state index in [0.717, 1.165) is 16.8 Å². The smallest absolute Gasteiger partial charge is 0.254 e. The van der Waals surface area contributed by atoms with E-state index in [1.165, 1.54) is 12.7 Å². The van der Waals surface area contributed by atoms with Gasteiger partial charge in [0, 0.05) is 18.4 Å². The fraction of sp³-hybridized carbons (Fsp3) is 0.304. The van der Waals surface area contributed by atoms with E-state index in [0.29, 0.717) is 36.7 Å². The molecule has 1 aliphatic rings. The Labute approximate surface area is 180 Å². The zero-order valence-electron chi connectivity index (χ0n) is 17.5. The Balaban J connectivity index is 1.60. The Hall–Kier alpha value is -3.52. The van der Waals surface area contributed by atoms with Gasteiger partial charge in [-0.05, 0) is 35.7 Å². The van der Waals surface area contributed by atoms with Crippen molar-refractivity contribution in [1.29, 1.82) is 0 Å². The van der Waals surface area contributed by atoms with Crippen LogP contribution >= 0.6 is 0 Å². The average Bonchev–Trinajstić information content (AvgIpc) is 3.41. The Morgan fingerprint density at radius 2 is 2.03 bits per heavy atom. The summed E-state index contributed by atoms with van der Waals surface area (Å²) in [7, 11) is 1.48. The summed E-state index contributed by atoms with van der Waals surface area (Å²) in [5.74, 6) is 0.587. The number of nitrogens with zero attached hydrogens (tertiary/aromatic N) is 4. The van der Waals surface area contributed by atoms with Crippen molar-refractivity contribution in [2.24, 2.45) is 5.16 Å². The summed E-state index contributed by atoms with van der Waals surface area (Å²) in [4.78, 5) is 24.2. The molecule has 4 rings (SSSR count). The molecule has 0 bridgehead atoms. The summed E-state index contributed by atoms with van der Waals surface area (Å²) in [5.41, 5.74) is 4.66. The average molecular weight is 420 g/mol. The summed E-state index contributed by atoms with van der Waals surface area (Å²) in [5, 5.41) is 17.0. The van der Waals surface area contributed by atoms with Gasteiger partial charge in [-0.2, -0.15) is 4.98 Å². The van der Waals surface area contributed by atoms with Crippen LogP contribution in [0.15, 0.2) is 58.2 Å². The molecule has 1 atom stereocenters. The first-order valence-corrected chi connectivity index (χ1v) is 10.1. The number of aryl methyl sites for hydroxylation is 1. The summed E-state index contributed by atoms with van der Waals surface area (Å²) in [6.45, 7) is 2.31. The lowest BCUT2D eigenvalue weighted by atomic mass is 9.99. The molecular formula is C23H24N4O4. The zero-order chi connectivity index (χ0) is 21.8. The molecular weight excluding hydrogens is 396 g/mol. The number of hydrogen-bond donors (Lipinski definition) is 1. The predicted octanol–water partition coefficient (Wildman–Crippen LogP) is 3.17. The van der Waals surface area contributed by atoms with Crippen LogP contribution in [0.5, 0.6) is 0 Å². The number of carbonyl (C=O) groups excluding carboxylic acids is 1. The minimum absolute atomic E-state index is 0.0735. The van der Waals surface area contributed by atoms with Gasteiger partial charge < -0.3 is 19.4 Å². The van der Waals surface area contributed by atoms with Gasteiger partial charge in [-0.25, -0.2) is 0 Å². The predicted molar refractivity (Wildman–Crippen MR) is 115 cm³/mol. The van der Waals surface area contributed by atoms with Crippen molar-refractivity contribution in [3.63, 3.8) is 0 Å². The van der Waals surface area contributed by atoms with E-state index in [1.807, 2.05) is 36.4 Å². The number of likely N-dealkylation sites (tertiary alicyclic amines) is 1. The van der Waals surface area contributed by atoms with Crippen LogP contribution in [0.1, 0.15) is 40.1 Å². The number of rotatable bonds is 6. The lowest BCUT2D eigenvalue weighted by Gasteiger charge is -2.21. The van der Waals surface area contributed by atoms with E-state index in [4.69, 9.17) is 14.5 Å². The Bertz CT molecular complexity index is 1090.